The lowest BCUT2D eigenvalue weighted by Crippen LogP contribution is -2.33. The van der Waals surface area contributed by atoms with Crippen LogP contribution in [0.25, 0.3) is 10.1 Å². The maximum absolute atomic E-state index is 13.2. The second-order valence-corrected chi connectivity index (χ2v) is 7.86. The van der Waals surface area contributed by atoms with Crippen LogP contribution in [0.3, 0.4) is 0 Å². The van der Waals surface area contributed by atoms with Crippen LogP contribution in [0, 0.1) is 0 Å². The van der Waals surface area contributed by atoms with Crippen LogP contribution >= 0.6 is 11.3 Å². The van der Waals surface area contributed by atoms with Gasteiger partial charge in [-0.3, -0.25) is 4.79 Å². The Balaban J connectivity index is 1.79. The van der Waals surface area contributed by atoms with E-state index < -0.39 is 5.97 Å². The van der Waals surface area contributed by atoms with Crippen molar-refractivity contribution in [2.24, 2.45) is 0 Å². The average molecular weight is 448 g/mol. The number of rotatable bonds is 6. The number of thiophene rings is 1. The molecule has 0 radical (unpaired) electrons. The third-order valence-electron chi connectivity index (χ3n) is 4.97. The van der Waals surface area contributed by atoms with Gasteiger partial charge in [0.25, 0.3) is 5.91 Å². The van der Waals surface area contributed by atoms with Crippen LogP contribution in [0.4, 0.5) is 11.5 Å². The Labute approximate surface area is 189 Å². The number of carboxylic acids is 1. The SMILES string of the molecule is C=CC1=C(/C=C\C)N(c2ncc(C(=O)O)cc2NC(=O)c2csc3ccccc23)CCO1. The largest absolute Gasteiger partial charge is 0.490 e. The van der Waals surface area contributed by atoms with Gasteiger partial charge in [-0.25, -0.2) is 9.78 Å². The van der Waals surface area contributed by atoms with Crippen LogP contribution in [0.2, 0.25) is 0 Å². The van der Waals surface area contributed by atoms with Crippen LogP contribution < -0.4 is 10.2 Å². The fourth-order valence-electron chi connectivity index (χ4n) is 3.51. The number of aromatic nitrogens is 1. The van der Waals surface area contributed by atoms with E-state index in [9.17, 15) is 14.7 Å². The Morgan fingerprint density at radius 2 is 2.16 bits per heavy atom. The molecule has 1 aromatic carbocycles. The molecule has 0 spiro atoms. The number of aromatic carboxylic acids is 1. The van der Waals surface area contributed by atoms with Crippen LogP contribution in [0.5, 0.6) is 0 Å². The lowest BCUT2D eigenvalue weighted by atomic mass is 10.1. The summed E-state index contributed by atoms with van der Waals surface area (Å²) in [6, 6.07) is 9.06. The Bertz CT molecular complexity index is 1280. The first-order chi connectivity index (χ1) is 15.5. The number of hydrogen-bond donors (Lipinski definition) is 2. The summed E-state index contributed by atoms with van der Waals surface area (Å²) in [5, 5.41) is 15.0. The predicted molar refractivity (Wildman–Crippen MR) is 126 cm³/mol. The highest BCUT2D eigenvalue weighted by molar-refractivity contribution is 7.17. The van der Waals surface area contributed by atoms with Crippen molar-refractivity contribution in [3.8, 4) is 0 Å². The smallest absolute Gasteiger partial charge is 0.337 e. The third kappa shape index (κ3) is 4.00. The summed E-state index contributed by atoms with van der Waals surface area (Å²) in [6.07, 6.45) is 6.62. The van der Waals surface area contributed by atoms with Gasteiger partial charge in [0, 0.05) is 21.7 Å². The summed E-state index contributed by atoms with van der Waals surface area (Å²) < 4.78 is 6.69. The summed E-state index contributed by atoms with van der Waals surface area (Å²) in [7, 11) is 0. The number of pyridine rings is 1. The molecule has 1 amide bonds. The normalized spacial score (nSPS) is 14.0. The number of fused-ring (bicyclic) bond motifs is 1. The summed E-state index contributed by atoms with van der Waals surface area (Å²) >= 11 is 1.48. The van der Waals surface area contributed by atoms with E-state index in [1.807, 2.05) is 48.2 Å². The van der Waals surface area contributed by atoms with Gasteiger partial charge >= 0.3 is 5.97 Å². The minimum atomic E-state index is -1.13. The van der Waals surface area contributed by atoms with Gasteiger partial charge in [-0.15, -0.1) is 11.3 Å². The highest BCUT2D eigenvalue weighted by Crippen LogP contribution is 2.33. The van der Waals surface area contributed by atoms with Gasteiger partial charge in [0.05, 0.1) is 29.1 Å². The molecule has 0 aliphatic carbocycles. The molecule has 32 heavy (non-hydrogen) atoms. The number of carbonyl (C=O) groups is 2. The molecule has 2 aromatic heterocycles. The summed E-state index contributed by atoms with van der Waals surface area (Å²) in [5.41, 5.74) is 1.53. The van der Waals surface area contributed by atoms with Gasteiger partial charge in [-0.05, 0) is 31.2 Å². The summed E-state index contributed by atoms with van der Waals surface area (Å²) in [6.45, 7) is 6.56. The highest BCUT2D eigenvalue weighted by atomic mass is 32.1. The van der Waals surface area contributed by atoms with Crippen LogP contribution in [-0.2, 0) is 4.74 Å². The zero-order valence-electron chi connectivity index (χ0n) is 17.4. The Morgan fingerprint density at radius 1 is 1.34 bits per heavy atom. The molecule has 0 saturated carbocycles. The van der Waals surface area contributed by atoms with E-state index in [1.165, 1.54) is 23.6 Å². The first-order valence-corrected chi connectivity index (χ1v) is 10.8. The molecule has 1 aliphatic rings. The van der Waals surface area contributed by atoms with Gasteiger partial charge in [0.1, 0.15) is 12.4 Å². The number of carboxylic acid groups (broad SMARTS) is 1. The summed E-state index contributed by atoms with van der Waals surface area (Å²) in [5.74, 6) is -0.446. The van der Waals surface area contributed by atoms with Gasteiger partial charge in [0.15, 0.2) is 5.82 Å². The molecular formula is C24H21N3O4S. The number of hydrogen-bond acceptors (Lipinski definition) is 6. The van der Waals surface area contributed by atoms with Crippen molar-refractivity contribution in [1.29, 1.82) is 0 Å². The Morgan fingerprint density at radius 3 is 2.91 bits per heavy atom. The fourth-order valence-corrected chi connectivity index (χ4v) is 4.45. The standard InChI is InChI=1S/C24H21N3O4S/c1-3-7-19-20(4-2)31-11-10-27(19)22-18(12-15(13-25-22)24(29)30)26-23(28)17-14-32-21-9-6-5-8-16(17)21/h3-9,12-14H,2,10-11H2,1H3,(H,26,28)(H,29,30)/b7-3-. The van der Waals surface area contributed by atoms with Gasteiger partial charge < -0.3 is 20.1 Å². The zero-order valence-corrected chi connectivity index (χ0v) is 18.2. The monoisotopic (exact) mass is 447 g/mol. The maximum Gasteiger partial charge on any atom is 0.337 e. The molecule has 162 valence electrons. The molecule has 1 aliphatic heterocycles. The molecule has 0 fully saturated rings. The van der Waals surface area contributed by atoms with Crippen molar-refractivity contribution in [2.45, 2.75) is 6.92 Å². The molecular weight excluding hydrogens is 426 g/mol. The van der Waals surface area contributed by atoms with Crippen LogP contribution in [-0.4, -0.2) is 35.1 Å². The van der Waals surface area contributed by atoms with E-state index in [0.29, 0.717) is 36.0 Å². The van der Waals surface area contributed by atoms with E-state index >= 15 is 0 Å². The van der Waals surface area contributed by atoms with Crippen molar-refractivity contribution in [3.63, 3.8) is 0 Å². The minimum absolute atomic E-state index is 0.0204. The van der Waals surface area contributed by atoms with Gasteiger partial charge in [0.2, 0.25) is 0 Å². The molecule has 0 saturated heterocycles. The third-order valence-corrected chi connectivity index (χ3v) is 5.93. The van der Waals surface area contributed by atoms with Crippen molar-refractivity contribution in [2.75, 3.05) is 23.4 Å². The number of nitrogens with one attached hydrogen (secondary N) is 1. The van der Waals surface area contributed by atoms with E-state index in [0.717, 1.165) is 15.8 Å². The quantitative estimate of drug-likeness (QED) is 0.549. The number of nitrogens with zero attached hydrogens (tertiary/aromatic N) is 2. The van der Waals surface area contributed by atoms with Crippen molar-refractivity contribution in [3.05, 3.63) is 89.3 Å². The maximum atomic E-state index is 13.2. The molecule has 0 atom stereocenters. The van der Waals surface area contributed by atoms with Crippen LogP contribution in [0.15, 0.2) is 78.2 Å². The number of ether oxygens (including phenoxy) is 1. The first kappa shape index (κ1) is 21.3. The minimum Gasteiger partial charge on any atom is -0.490 e. The van der Waals surface area contributed by atoms with Gasteiger partial charge in [-0.2, -0.15) is 0 Å². The second kappa shape index (κ2) is 9.07. The molecule has 0 unspecified atom stereocenters. The van der Waals surface area contributed by atoms with Crippen LogP contribution in [0.1, 0.15) is 27.6 Å². The molecule has 0 bridgehead atoms. The topological polar surface area (TPSA) is 91.8 Å². The first-order valence-electron chi connectivity index (χ1n) is 9.94. The fraction of sp³-hybridized carbons (Fsp3) is 0.125. The summed E-state index contributed by atoms with van der Waals surface area (Å²) in [4.78, 5) is 31.0. The zero-order chi connectivity index (χ0) is 22.7. The van der Waals surface area contributed by atoms with Crippen molar-refractivity contribution >= 4 is 44.8 Å². The average Bonchev–Trinajstić information content (AvgIpc) is 3.24. The highest BCUT2D eigenvalue weighted by Gasteiger charge is 2.25. The molecule has 4 rings (SSSR count). The van der Waals surface area contributed by atoms with E-state index in [2.05, 4.69) is 16.9 Å². The predicted octanol–water partition coefficient (Wildman–Crippen LogP) is 5.06. The van der Waals surface area contributed by atoms with E-state index in [4.69, 9.17) is 4.74 Å². The Hall–Kier alpha value is -3.91. The number of benzene rings is 1. The second-order valence-electron chi connectivity index (χ2n) is 6.95. The lowest BCUT2D eigenvalue weighted by Gasteiger charge is -2.32. The van der Waals surface area contributed by atoms with E-state index in [1.54, 1.807) is 11.5 Å². The number of amides is 1. The lowest BCUT2D eigenvalue weighted by molar-refractivity contribution is 0.0696. The van der Waals surface area contributed by atoms with E-state index in [-0.39, 0.29) is 11.5 Å². The molecule has 3 heterocycles. The molecule has 7 nitrogen and oxygen atoms in total. The molecule has 8 heteroatoms. The van der Waals surface area contributed by atoms with Crippen molar-refractivity contribution < 1.29 is 19.4 Å². The van der Waals surface area contributed by atoms with Crippen molar-refractivity contribution in [1.82, 2.24) is 4.98 Å². The van der Waals surface area contributed by atoms with Gasteiger partial charge in [-0.1, -0.05) is 30.9 Å². The number of allylic oxidation sites excluding steroid dienone is 3. The number of carbonyl (C=O) groups excluding carboxylic acids is 1. The molecule has 3 aromatic rings. The Kier molecular flexibility index (Phi) is 6.04. The molecule has 2 N–H and O–H groups in total. The number of anilines is 2.